The lowest BCUT2D eigenvalue weighted by Gasteiger charge is -2.29. The maximum Gasteiger partial charge on any atom is 0.238 e. The SMILES string of the molecule is O=C(CN1CCCC1c1ccc(F)cc1)Nc1ccc(N2CCOCC2)cc1. The number of hydrogen-bond acceptors (Lipinski definition) is 4. The fraction of sp³-hybridized carbons (Fsp3) is 0.409. The van der Waals surface area contributed by atoms with E-state index in [1.807, 2.05) is 36.4 Å². The van der Waals surface area contributed by atoms with Gasteiger partial charge in [0, 0.05) is 30.5 Å². The summed E-state index contributed by atoms with van der Waals surface area (Å²) in [4.78, 5) is 17.0. The van der Waals surface area contributed by atoms with Gasteiger partial charge in [-0.25, -0.2) is 4.39 Å². The van der Waals surface area contributed by atoms with Crippen LogP contribution in [0.2, 0.25) is 0 Å². The minimum Gasteiger partial charge on any atom is -0.378 e. The van der Waals surface area contributed by atoms with Crippen LogP contribution in [0.1, 0.15) is 24.4 Å². The predicted molar refractivity (Wildman–Crippen MR) is 108 cm³/mol. The lowest BCUT2D eigenvalue weighted by molar-refractivity contribution is -0.117. The molecule has 2 heterocycles. The van der Waals surface area contributed by atoms with Crippen molar-refractivity contribution in [2.45, 2.75) is 18.9 Å². The first-order valence-electron chi connectivity index (χ1n) is 9.91. The minimum absolute atomic E-state index is 0.0202. The molecule has 6 heteroatoms. The highest BCUT2D eigenvalue weighted by molar-refractivity contribution is 5.92. The van der Waals surface area contributed by atoms with Crippen LogP contribution >= 0.6 is 0 Å². The van der Waals surface area contributed by atoms with Crippen molar-refractivity contribution in [2.75, 3.05) is 49.6 Å². The zero-order valence-electron chi connectivity index (χ0n) is 15.9. The van der Waals surface area contributed by atoms with Crippen LogP contribution < -0.4 is 10.2 Å². The highest BCUT2D eigenvalue weighted by Crippen LogP contribution is 2.31. The first-order valence-corrected chi connectivity index (χ1v) is 9.91. The third kappa shape index (κ3) is 4.51. The number of ether oxygens (including phenoxy) is 1. The number of morpholine rings is 1. The van der Waals surface area contributed by atoms with Crippen molar-refractivity contribution in [3.05, 3.63) is 59.9 Å². The fourth-order valence-electron chi connectivity index (χ4n) is 4.04. The van der Waals surface area contributed by atoms with E-state index in [0.29, 0.717) is 6.54 Å². The van der Waals surface area contributed by atoms with Gasteiger partial charge in [0.25, 0.3) is 0 Å². The molecule has 0 spiro atoms. The third-order valence-corrected chi connectivity index (χ3v) is 5.49. The largest absolute Gasteiger partial charge is 0.378 e. The van der Waals surface area contributed by atoms with Gasteiger partial charge in [-0.15, -0.1) is 0 Å². The first kappa shape index (κ1) is 18.9. The smallest absolute Gasteiger partial charge is 0.238 e. The predicted octanol–water partition coefficient (Wildman–Crippen LogP) is 3.44. The van der Waals surface area contributed by atoms with E-state index in [-0.39, 0.29) is 17.8 Å². The molecule has 2 fully saturated rings. The second-order valence-electron chi connectivity index (χ2n) is 7.37. The fourth-order valence-corrected chi connectivity index (χ4v) is 4.04. The molecule has 5 nitrogen and oxygen atoms in total. The summed E-state index contributed by atoms with van der Waals surface area (Å²) >= 11 is 0. The molecule has 2 saturated heterocycles. The number of rotatable bonds is 5. The molecular formula is C22H26FN3O2. The maximum atomic E-state index is 13.2. The molecule has 2 aliphatic rings. The van der Waals surface area contributed by atoms with E-state index in [0.717, 1.165) is 62.6 Å². The number of hydrogen-bond donors (Lipinski definition) is 1. The molecule has 2 aliphatic heterocycles. The average molecular weight is 383 g/mol. The average Bonchev–Trinajstić information content (AvgIpc) is 3.18. The van der Waals surface area contributed by atoms with Gasteiger partial charge in [0.15, 0.2) is 0 Å². The Morgan fingerprint density at radius 1 is 1.04 bits per heavy atom. The third-order valence-electron chi connectivity index (χ3n) is 5.49. The van der Waals surface area contributed by atoms with Crippen molar-refractivity contribution < 1.29 is 13.9 Å². The zero-order chi connectivity index (χ0) is 19.3. The van der Waals surface area contributed by atoms with E-state index >= 15 is 0 Å². The molecule has 0 aromatic heterocycles. The van der Waals surface area contributed by atoms with Crippen LogP contribution in [0, 0.1) is 5.82 Å². The van der Waals surface area contributed by atoms with Gasteiger partial charge in [-0.3, -0.25) is 9.69 Å². The summed E-state index contributed by atoms with van der Waals surface area (Å²) in [5, 5.41) is 3.00. The summed E-state index contributed by atoms with van der Waals surface area (Å²) in [6.07, 6.45) is 2.04. The molecule has 1 atom stereocenters. The van der Waals surface area contributed by atoms with Crippen LogP contribution in [0.5, 0.6) is 0 Å². The monoisotopic (exact) mass is 383 g/mol. The second-order valence-corrected chi connectivity index (χ2v) is 7.37. The van der Waals surface area contributed by atoms with Crippen LogP contribution in [-0.4, -0.2) is 50.2 Å². The molecule has 0 bridgehead atoms. The van der Waals surface area contributed by atoms with E-state index in [4.69, 9.17) is 4.74 Å². The first-order chi connectivity index (χ1) is 13.7. The van der Waals surface area contributed by atoms with Crippen LogP contribution in [0.4, 0.5) is 15.8 Å². The van der Waals surface area contributed by atoms with Gasteiger partial charge in [-0.05, 0) is 61.3 Å². The molecule has 0 saturated carbocycles. The summed E-state index contributed by atoms with van der Waals surface area (Å²) in [7, 11) is 0. The van der Waals surface area contributed by atoms with Crippen molar-refractivity contribution >= 4 is 17.3 Å². The number of nitrogens with zero attached hydrogens (tertiary/aromatic N) is 2. The second kappa shape index (κ2) is 8.71. The Hall–Kier alpha value is -2.44. The Balaban J connectivity index is 1.34. The number of carbonyl (C=O) groups excluding carboxylic acids is 1. The van der Waals surface area contributed by atoms with E-state index in [1.54, 1.807) is 0 Å². The number of halogens is 1. The van der Waals surface area contributed by atoms with Crippen molar-refractivity contribution in [1.29, 1.82) is 0 Å². The molecule has 28 heavy (non-hydrogen) atoms. The van der Waals surface area contributed by atoms with E-state index in [1.165, 1.54) is 12.1 Å². The van der Waals surface area contributed by atoms with Crippen LogP contribution in [0.15, 0.2) is 48.5 Å². The van der Waals surface area contributed by atoms with E-state index < -0.39 is 0 Å². The Labute approximate surface area is 165 Å². The quantitative estimate of drug-likeness (QED) is 0.859. The van der Waals surface area contributed by atoms with Gasteiger partial charge in [-0.1, -0.05) is 12.1 Å². The molecule has 0 radical (unpaired) electrons. The Bertz CT molecular complexity index is 788. The summed E-state index contributed by atoms with van der Waals surface area (Å²) < 4.78 is 18.6. The maximum absolute atomic E-state index is 13.2. The molecule has 2 aromatic rings. The van der Waals surface area contributed by atoms with Gasteiger partial charge >= 0.3 is 0 Å². The van der Waals surface area contributed by atoms with Crippen molar-refractivity contribution in [1.82, 2.24) is 4.90 Å². The minimum atomic E-state index is -0.230. The van der Waals surface area contributed by atoms with Gasteiger partial charge in [-0.2, -0.15) is 0 Å². The van der Waals surface area contributed by atoms with Gasteiger partial charge in [0.1, 0.15) is 5.82 Å². The number of nitrogens with one attached hydrogen (secondary N) is 1. The van der Waals surface area contributed by atoms with E-state index in [2.05, 4.69) is 15.1 Å². The topological polar surface area (TPSA) is 44.8 Å². The lowest BCUT2D eigenvalue weighted by atomic mass is 10.0. The van der Waals surface area contributed by atoms with Crippen LogP contribution in [0.25, 0.3) is 0 Å². The molecule has 4 rings (SSSR count). The Kier molecular flexibility index (Phi) is 5.88. The van der Waals surface area contributed by atoms with Gasteiger partial charge in [0.05, 0.1) is 19.8 Å². The summed E-state index contributed by atoms with van der Waals surface area (Å²) in [5.41, 5.74) is 3.03. The summed E-state index contributed by atoms with van der Waals surface area (Å²) in [5.74, 6) is -0.250. The van der Waals surface area contributed by atoms with E-state index in [9.17, 15) is 9.18 Å². The van der Waals surface area contributed by atoms with Crippen molar-refractivity contribution in [3.8, 4) is 0 Å². The number of carbonyl (C=O) groups is 1. The lowest BCUT2D eigenvalue weighted by Crippen LogP contribution is -2.36. The number of anilines is 2. The van der Waals surface area contributed by atoms with Crippen molar-refractivity contribution in [2.24, 2.45) is 0 Å². The molecule has 148 valence electrons. The molecule has 1 unspecified atom stereocenters. The number of benzene rings is 2. The highest BCUT2D eigenvalue weighted by Gasteiger charge is 2.27. The van der Waals surface area contributed by atoms with Gasteiger partial charge < -0.3 is 15.0 Å². The molecule has 2 aromatic carbocycles. The molecule has 1 amide bonds. The van der Waals surface area contributed by atoms with Crippen LogP contribution in [0.3, 0.4) is 0 Å². The number of likely N-dealkylation sites (tertiary alicyclic amines) is 1. The highest BCUT2D eigenvalue weighted by atomic mass is 19.1. The normalized spacial score (nSPS) is 20.3. The van der Waals surface area contributed by atoms with Crippen molar-refractivity contribution in [3.63, 3.8) is 0 Å². The standard InChI is InChI=1S/C22H26FN3O2/c23-18-5-3-17(4-6-18)21-2-1-11-26(21)16-22(27)24-19-7-9-20(10-8-19)25-12-14-28-15-13-25/h3-10,21H,1-2,11-16H2,(H,24,27). The number of amides is 1. The summed E-state index contributed by atoms with van der Waals surface area (Å²) in [6, 6.07) is 14.8. The Morgan fingerprint density at radius 2 is 1.75 bits per heavy atom. The molecule has 0 aliphatic carbocycles. The molecule has 1 N–H and O–H groups in total. The summed E-state index contributed by atoms with van der Waals surface area (Å²) in [6.45, 7) is 4.52. The zero-order valence-corrected chi connectivity index (χ0v) is 15.9. The van der Waals surface area contributed by atoms with Crippen LogP contribution in [-0.2, 0) is 9.53 Å². The Morgan fingerprint density at radius 3 is 2.46 bits per heavy atom. The van der Waals surface area contributed by atoms with Gasteiger partial charge in [0.2, 0.25) is 5.91 Å². The molecular weight excluding hydrogens is 357 g/mol.